The Labute approximate surface area is 101 Å². The van der Waals surface area contributed by atoms with Crippen molar-refractivity contribution in [1.82, 2.24) is 0 Å². The first kappa shape index (κ1) is 10.7. The molecule has 2 rings (SSSR count). The van der Waals surface area contributed by atoms with Gasteiger partial charge in [-0.05, 0) is 40.8 Å². The monoisotopic (exact) mass is 292 g/mol. The number of halogens is 2. The van der Waals surface area contributed by atoms with E-state index in [1.165, 1.54) is 24.2 Å². The first-order valence-electron chi connectivity index (χ1n) is 4.58. The van der Waals surface area contributed by atoms with Crippen molar-refractivity contribution in [2.75, 3.05) is 0 Å². The van der Waals surface area contributed by atoms with Crippen LogP contribution < -0.4 is 0 Å². The lowest BCUT2D eigenvalue weighted by atomic mass is 10.00. The Balaban J connectivity index is 2.17. The van der Waals surface area contributed by atoms with Crippen LogP contribution in [-0.2, 0) is 0 Å². The van der Waals surface area contributed by atoms with Gasteiger partial charge in [0.25, 0.3) is 0 Å². The predicted octanol–water partition coefficient (Wildman–Crippen LogP) is 4.39. The number of ketones is 1. The molecule has 1 saturated carbocycles. The number of rotatable bonds is 3. The van der Waals surface area contributed by atoms with Crippen molar-refractivity contribution in [3.63, 3.8) is 0 Å². The Morgan fingerprint density at radius 3 is 2.79 bits per heavy atom. The Kier molecular flexibility index (Phi) is 3.01. The molecule has 0 aromatic carbocycles. The Morgan fingerprint density at radius 2 is 2.36 bits per heavy atom. The minimum atomic E-state index is 0.164. The van der Waals surface area contributed by atoms with E-state index in [0.717, 1.165) is 9.35 Å². The number of carbonyl (C=O) groups is 1. The summed E-state index contributed by atoms with van der Waals surface area (Å²) >= 11 is 10.6. The molecule has 1 heterocycles. The molecular formula is C10H10BrClOS. The van der Waals surface area contributed by atoms with Gasteiger partial charge in [-0.3, -0.25) is 4.79 Å². The highest BCUT2D eigenvalue weighted by molar-refractivity contribution is 9.10. The van der Waals surface area contributed by atoms with Gasteiger partial charge in [-0.15, -0.1) is 11.3 Å². The Morgan fingerprint density at radius 1 is 1.71 bits per heavy atom. The average Bonchev–Trinajstić information content (AvgIpc) is 2.93. The smallest absolute Gasteiger partial charge is 0.175 e. The van der Waals surface area contributed by atoms with Crippen molar-refractivity contribution in [2.24, 2.45) is 11.8 Å². The summed E-state index contributed by atoms with van der Waals surface area (Å²) in [6, 6.07) is 1.83. The fourth-order valence-corrected chi connectivity index (χ4v) is 3.24. The van der Waals surface area contributed by atoms with E-state index in [0.29, 0.717) is 10.3 Å². The molecule has 0 N–H and O–H groups in total. The van der Waals surface area contributed by atoms with Gasteiger partial charge < -0.3 is 0 Å². The number of Topliss-reactive ketones (excluding diaryl/α,β-unsaturated/α-hetero) is 1. The topological polar surface area (TPSA) is 17.1 Å². The van der Waals surface area contributed by atoms with E-state index in [1.807, 2.05) is 13.0 Å². The molecule has 0 bridgehead atoms. The lowest BCUT2D eigenvalue weighted by Gasteiger charge is -2.05. The zero-order valence-electron chi connectivity index (χ0n) is 7.72. The van der Waals surface area contributed by atoms with E-state index in [2.05, 4.69) is 15.9 Å². The summed E-state index contributed by atoms with van der Waals surface area (Å²) in [4.78, 5) is 12.7. The van der Waals surface area contributed by atoms with Crippen molar-refractivity contribution in [3.05, 3.63) is 19.8 Å². The molecule has 1 aliphatic rings. The first-order valence-corrected chi connectivity index (χ1v) is 6.57. The van der Waals surface area contributed by atoms with Gasteiger partial charge in [-0.25, -0.2) is 0 Å². The molecule has 4 heteroatoms. The van der Waals surface area contributed by atoms with Crippen LogP contribution >= 0.6 is 38.9 Å². The maximum absolute atomic E-state index is 11.9. The van der Waals surface area contributed by atoms with Gasteiger partial charge in [0.05, 0.1) is 4.88 Å². The number of carbonyl (C=O) groups excluding carboxylic acids is 1. The predicted molar refractivity (Wildman–Crippen MR) is 63.2 cm³/mol. The molecule has 1 aromatic rings. The third-order valence-electron chi connectivity index (χ3n) is 2.63. The minimum Gasteiger partial charge on any atom is -0.293 e. The molecule has 1 fully saturated rings. The zero-order valence-corrected chi connectivity index (χ0v) is 10.9. The first-order chi connectivity index (χ1) is 6.59. The molecule has 0 saturated heterocycles. The summed E-state index contributed by atoms with van der Waals surface area (Å²) < 4.78 is 1.49. The molecular weight excluding hydrogens is 284 g/mol. The molecule has 1 nitrogen and oxygen atoms in total. The summed E-state index contributed by atoms with van der Waals surface area (Å²) in [7, 11) is 0. The SMILES string of the molecule is CC(C(=O)c1cc(Br)c(Cl)s1)C1CC1. The maximum Gasteiger partial charge on any atom is 0.175 e. The highest BCUT2D eigenvalue weighted by Crippen LogP contribution is 2.40. The van der Waals surface area contributed by atoms with Crippen LogP contribution in [0.25, 0.3) is 0 Å². The lowest BCUT2D eigenvalue weighted by molar-refractivity contribution is 0.0920. The van der Waals surface area contributed by atoms with Gasteiger partial charge in [0.2, 0.25) is 0 Å². The quantitative estimate of drug-likeness (QED) is 0.755. The van der Waals surface area contributed by atoms with Crippen molar-refractivity contribution in [2.45, 2.75) is 19.8 Å². The van der Waals surface area contributed by atoms with Crippen LogP contribution in [0.4, 0.5) is 0 Å². The van der Waals surface area contributed by atoms with Crippen LogP contribution in [0.2, 0.25) is 4.34 Å². The standard InChI is InChI=1S/C10H10BrClOS/c1-5(6-2-3-6)9(13)8-4-7(11)10(12)14-8/h4-6H,2-3H2,1H3. The molecule has 0 aliphatic heterocycles. The van der Waals surface area contributed by atoms with Crippen molar-refractivity contribution in [1.29, 1.82) is 0 Å². The fraction of sp³-hybridized carbons (Fsp3) is 0.500. The summed E-state index contributed by atoms with van der Waals surface area (Å²) in [6.07, 6.45) is 2.40. The fourth-order valence-electron chi connectivity index (χ4n) is 1.50. The van der Waals surface area contributed by atoms with E-state index >= 15 is 0 Å². The van der Waals surface area contributed by atoms with Gasteiger partial charge in [0.15, 0.2) is 5.78 Å². The molecule has 1 unspecified atom stereocenters. The second kappa shape index (κ2) is 3.95. The van der Waals surface area contributed by atoms with E-state index < -0.39 is 0 Å². The maximum atomic E-state index is 11.9. The Hall–Kier alpha value is 0.140. The summed E-state index contributed by atoms with van der Waals surface area (Å²) in [5, 5.41) is 0. The molecule has 1 aliphatic carbocycles. The molecule has 1 atom stereocenters. The average molecular weight is 294 g/mol. The van der Waals surface area contributed by atoms with E-state index in [-0.39, 0.29) is 11.7 Å². The van der Waals surface area contributed by atoms with Crippen LogP contribution in [0.1, 0.15) is 29.4 Å². The summed E-state index contributed by atoms with van der Waals surface area (Å²) in [5.74, 6) is 1.02. The van der Waals surface area contributed by atoms with Gasteiger partial charge in [0.1, 0.15) is 4.34 Å². The van der Waals surface area contributed by atoms with E-state index in [4.69, 9.17) is 11.6 Å². The van der Waals surface area contributed by atoms with Crippen LogP contribution in [0, 0.1) is 11.8 Å². The summed E-state index contributed by atoms with van der Waals surface area (Å²) in [5.41, 5.74) is 0. The van der Waals surface area contributed by atoms with Crippen LogP contribution in [0.5, 0.6) is 0 Å². The largest absolute Gasteiger partial charge is 0.293 e. The van der Waals surface area contributed by atoms with Crippen molar-refractivity contribution < 1.29 is 4.79 Å². The van der Waals surface area contributed by atoms with E-state index in [9.17, 15) is 4.79 Å². The van der Waals surface area contributed by atoms with Gasteiger partial charge in [-0.1, -0.05) is 18.5 Å². The van der Waals surface area contributed by atoms with Crippen molar-refractivity contribution in [3.8, 4) is 0 Å². The van der Waals surface area contributed by atoms with Gasteiger partial charge in [-0.2, -0.15) is 0 Å². The van der Waals surface area contributed by atoms with E-state index in [1.54, 1.807) is 0 Å². The highest BCUT2D eigenvalue weighted by atomic mass is 79.9. The molecule has 76 valence electrons. The number of hydrogen-bond donors (Lipinski definition) is 0. The molecule has 14 heavy (non-hydrogen) atoms. The molecule has 0 spiro atoms. The Bertz CT molecular complexity index is 351. The minimum absolute atomic E-state index is 0.164. The van der Waals surface area contributed by atoms with Gasteiger partial charge >= 0.3 is 0 Å². The molecule has 0 radical (unpaired) electrons. The highest BCUT2D eigenvalue weighted by Gasteiger charge is 2.33. The second-order valence-electron chi connectivity index (χ2n) is 3.72. The third kappa shape index (κ3) is 2.05. The second-order valence-corrected chi connectivity index (χ2v) is 6.23. The molecule has 0 amide bonds. The number of thiophene rings is 1. The lowest BCUT2D eigenvalue weighted by Crippen LogP contribution is -2.11. The van der Waals surface area contributed by atoms with Crippen LogP contribution in [0.15, 0.2) is 10.5 Å². The zero-order chi connectivity index (χ0) is 10.3. The summed E-state index contributed by atoms with van der Waals surface area (Å²) in [6.45, 7) is 2.02. The van der Waals surface area contributed by atoms with Crippen molar-refractivity contribution >= 4 is 44.7 Å². The molecule has 1 aromatic heterocycles. The number of hydrogen-bond acceptors (Lipinski definition) is 2. The normalized spacial score (nSPS) is 18.2. The third-order valence-corrected chi connectivity index (χ3v) is 5.12. The van der Waals surface area contributed by atoms with Gasteiger partial charge in [0, 0.05) is 10.4 Å². The van der Waals surface area contributed by atoms with Crippen LogP contribution in [0.3, 0.4) is 0 Å². The van der Waals surface area contributed by atoms with Crippen LogP contribution in [-0.4, -0.2) is 5.78 Å².